The molecule has 1 fully saturated rings. The fourth-order valence-electron chi connectivity index (χ4n) is 4.98. The predicted molar refractivity (Wildman–Crippen MR) is 146 cm³/mol. The highest BCUT2D eigenvalue weighted by atomic mass is 32.2. The molecule has 0 atom stereocenters. The van der Waals surface area contributed by atoms with Crippen molar-refractivity contribution in [1.29, 1.82) is 0 Å². The van der Waals surface area contributed by atoms with Gasteiger partial charge in [0.15, 0.2) is 11.6 Å². The second kappa shape index (κ2) is 11.0. The number of nitrogens with zero attached hydrogens (tertiary/aromatic N) is 1. The molecule has 0 saturated heterocycles. The first-order valence-corrected chi connectivity index (χ1v) is 13.7. The number of fused-ring (bicyclic) bond motifs is 1. The van der Waals surface area contributed by atoms with Crippen LogP contribution in [-0.2, 0) is 5.75 Å². The number of carbonyl (C=O) groups excluding carboxylic acids is 1. The molecule has 1 aliphatic rings. The van der Waals surface area contributed by atoms with Gasteiger partial charge in [-0.05, 0) is 73.1 Å². The average molecular weight is 518 g/mol. The maximum Gasteiger partial charge on any atom is 0.220 e. The molecule has 3 aromatic carbocycles. The third-order valence-corrected chi connectivity index (χ3v) is 7.73. The Kier molecular flexibility index (Phi) is 7.56. The number of carbonyl (C=O) groups is 1. The molecular weight excluding hydrogens is 488 g/mol. The molecule has 0 bridgehead atoms. The molecule has 1 aromatic heterocycles. The number of hydrogen-bond donors (Lipinski definition) is 0. The largest absolute Gasteiger partial charge is 0.490 e. The molecule has 1 aliphatic carbocycles. The monoisotopic (exact) mass is 517 g/mol. The summed E-state index contributed by atoms with van der Waals surface area (Å²) in [6.45, 7) is 4.12. The topological polar surface area (TPSA) is 39.2 Å². The van der Waals surface area contributed by atoms with Gasteiger partial charge in [0, 0.05) is 22.3 Å². The molecular formula is C31H29F2NO2S. The van der Waals surface area contributed by atoms with Crippen molar-refractivity contribution < 1.29 is 18.3 Å². The lowest BCUT2D eigenvalue weighted by atomic mass is 9.90. The summed E-state index contributed by atoms with van der Waals surface area (Å²) in [4.78, 5) is 18.9. The van der Waals surface area contributed by atoms with E-state index < -0.39 is 11.6 Å². The normalized spacial score (nSPS) is 14.0. The van der Waals surface area contributed by atoms with Gasteiger partial charge in [0.2, 0.25) is 5.12 Å². The van der Waals surface area contributed by atoms with Gasteiger partial charge in [0.05, 0.1) is 17.3 Å². The van der Waals surface area contributed by atoms with Crippen molar-refractivity contribution in [3.8, 4) is 17.0 Å². The molecule has 6 heteroatoms. The fourth-order valence-corrected chi connectivity index (χ4v) is 5.82. The predicted octanol–water partition coefficient (Wildman–Crippen LogP) is 8.70. The van der Waals surface area contributed by atoms with Gasteiger partial charge >= 0.3 is 0 Å². The number of benzene rings is 3. The molecule has 0 amide bonds. The van der Waals surface area contributed by atoms with E-state index in [4.69, 9.17) is 9.72 Å². The van der Waals surface area contributed by atoms with Crippen molar-refractivity contribution in [3.63, 3.8) is 0 Å². The van der Waals surface area contributed by atoms with Gasteiger partial charge in [-0.15, -0.1) is 0 Å². The van der Waals surface area contributed by atoms with Crippen molar-refractivity contribution in [1.82, 2.24) is 4.98 Å². The zero-order valence-corrected chi connectivity index (χ0v) is 21.8. The van der Waals surface area contributed by atoms with Crippen molar-refractivity contribution >= 4 is 27.8 Å². The molecule has 4 aromatic rings. The maximum atomic E-state index is 13.9. The van der Waals surface area contributed by atoms with E-state index in [1.54, 1.807) is 0 Å². The van der Waals surface area contributed by atoms with E-state index in [9.17, 15) is 13.6 Å². The van der Waals surface area contributed by atoms with Crippen molar-refractivity contribution in [2.24, 2.45) is 0 Å². The summed E-state index contributed by atoms with van der Waals surface area (Å²) in [5.41, 5.74) is 4.47. The Morgan fingerprint density at radius 2 is 1.76 bits per heavy atom. The minimum atomic E-state index is -0.914. The zero-order valence-electron chi connectivity index (χ0n) is 21.0. The molecule has 5 rings (SSSR count). The molecule has 1 saturated carbocycles. The Balaban J connectivity index is 1.61. The SMILES string of the molecule is CC(C)c1c(-c2ccccc2)nc2ccc(OC3CCCC3)cc2c1C(=O)SCc1ccc(F)c(F)c1. The first-order valence-electron chi connectivity index (χ1n) is 12.7. The third kappa shape index (κ3) is 5.54. The number of ether oxygens (including phenoxy) is 1. The summed E-state index contributed by atoms with van der Waals surface area (Å²) < 4.78 is 33.4. The zero-order chi connectivity index (χ0) is 25.9. The molecule has 3 nitrogen and oxygen atoms in total. The van der Waals surface area contributed by atoms with Gasteiger partial charge in [-0.3, -0.25) is 4.79 Å². The van der Waals surface area contributed by atoms with Gasteiger partial charge in [-0.25, -0.2) is 13.8 Å². The van der Waals surface area contributed by atoms with Crippen LogP contribution < -0.4 is 4.74 Å². The van der Waals surface area contributed by atoms with Crippen LogP contribution in [0.15, 0.2) is 66.7 Å². The van der Waals surface area contributed by atoms with Gasteiger partial charge in [-0.2, -0.15) is 0 Å². The number of halogens is 2. The van der Waals surface area contributed by atoms with Crippen LogP contribution >= 0.6 is 11.8 Å². The van der Waals surface area contributed by atoms with E-state index in [0.29, 0.717) is 11.1 Å². The molecule has 0 unspecified atom stereocenters. The molecule has 0 radical (unpaired) electrons. The van der Waals surface area contributed by atoms with Crippen LogP contribution in [0.25, 0.3) is 22.2 Å². The maximum absolute atomic E-state index is 13.9. The van der Waals surface area contributed by atoms with Crippen LogP contribution in [0.5, 0.6) is 5.75 Å². The summed E-state index contributed by atoms with van der Waals surface area (Å²) >= 11 is 1.09. The van der Waals surface area contributed by atoms with E-state index in [-0.39, 0.29) is 22.9 Å². The van der Waals surface area contributed by atoms with Gasteiger partial charge in [0.25, 0.3) is 0 Å². The van der Waals surface area contributed by atoms with E-state index >= 15 is 0 Å². The summed E-state index contributed by atoms with van der Waals surface area (Å²) in [7, 11) is 0. The minimum absolute atomic E-state index is 0.0225. The highest BCUT2D eigenvalue weighted by Gasteiger charge is 2.25. The number of pyridine rings is 1. The standard InChI is InChI=1S/C31H29F2NO2S/c1-19(2)28-29(31(35)37-18-20-12-14-25(32)26(33)16-20)24-17-23(36-22-10-6-7-11-22)13-15-27(24)34-30(28)21-8-4-3-5-9-21/h3-5,8-9,12-17,19,22H,6-7,10-11,18H2,1-2H3. The smallest absolute Gasteiger partial charge is 0.220 e. The first kappa shape index (κ1) is 25.4. The molecule has 37 heavy (non-hydrogen) atoms. The Morgan fingerprint density at radius 3 is 2.46 bits per heavy atom. The fraction of sp³-hybridized carbons (Fsp3) is 0.290. The Morgan fingerprint density at radius 1 is 1.00 bits per heavy atom. The molecule has 0 aliphatic heterocycles. The average Bonchev–Trinajstić information content (AvgIpc) is 3.41. The van der Waals surface area contributed by atoms with E-state index in [0.717, 1.165) is 70.2 Å². The van der Waals surface area contributed by atoms with Crippen LogP contribution in [0.2, 0.25) is 0 Å². The highest BCUT2D eigenvalue weighted by molar-refractivity contribution is 8.13. The van der Waals surface area contributed by atoms with E-state index in [2.05, 4.69) is 13.8 Å². The number of aromatic nitrogens is 1. The van der Waals surface area contributed by atoms with Crippen LogP contribution in [0.4, 0.5) is 8.78 Å². The van der Waals surface area contributed by atoms with Gasteiger partial charge in [0.1, 0.15) is 5.75 Å². The van der Waals surface area contributed by atoms with Crippen molar-refractivity contribution in [3.05, 3.63) is 95.1 Å². The lowest BCUT2D eigenvalue weighted by molar-refractivity contribution is 0.108. The number of thioether (sulfide) groups is 1. The van der Waals surface area contributed by atoms with Crippen LogP contribution in [0.3, 0.4) is 0 Å². The number of rotatable bonds is 7. The second-order valence-electron chi connectivity index (χ2n) is 9.80. The summed E-state index contributed by atoms with van der Waals surface area (Å²) in [6, 6.07) is 19.4. The molecule has 1 heterocycles. The molecule has 0 spiro atoms. The minimum Gasteiger partial charge on any atom is -0.490 e. The van der Waals surface area contributed by atoms with Gasteiger partial charge < -0.3 is 4.74 Å². The van der Waals surface area contributed by atoms with Crippen molar-refractivity contribution in [2.75, 3.05) is 0 Å². The third-order valence-electron chi connectivity index (χ3n) is 6.78. The van der Waals surface area contributed by atoms with E-state index in [1.807, 2.05) is 48.5 Å². The quantitative estimate of drug-likeness (QED) is 0.246. The summed E-state index contributed by atoms with van der Waals surface area (Å²) in [5.74, 6) is -0.819. The lowest BCUT2D eigenvalue weighted by Gasteiger charge is -2.20. The second-order valence-corrected chi connectivity index (χ2v) is 10.7. The number of hydrogen-bond acceptors (Lipinski definition) is 4. The first-order chi connectivity index (χ1) is 17.9. The summed E-state index contributed by atoms with van der Waals surface area (Å²) in [5, 5.41) is 0.623. The van der Waals surface area contributed by atoms with Crippen LogP contribution in [0, 0.1) is 11.6 Å². The molecule has 190 valence electrons. The Hall–Kier alpha value is -3.25. The van der Waals surface area contributed by atoms with Crippen molar-refractivity contribution in [2.45, 2.75) is 57.3 Å². The van der Waals surface area contributed by atoms with Crippen LogP contribution in [-0.4, -0.2) is 16.2 Å². The Labute approximate surface area is 220 Å². The lowest BCUT2D eigenvalue weighted by Crippen LogP contribution is -2.11. The molecule has 0 N–H and O–H groups in total. The Bertz CT molecular complexity index is 1430. The van der Waals surface area contributed by atoms with Crippen LogP contribution in [0.1, 0.15) is 66.9 Å². The van der Waals surface area contributed by atoms with Gasteiger partial charge in [-0.1, -0.05) is 62.0 Å². The van der Waals surface area contributed by atoms with E-state index in [1.165, 1.54) is 18.9 Å². The summed E-state index contributed by atoms with van der Waals surface area (Å²) in [6.07, 6.45) is 4.61. The highest BCUT2D eigenvalue weighted by Crippen LogP contribution is 2.39.